The standard InChI is InChI=1S/C21H27ClN4O/c1-15-6-7-17(14-19(15)22)26-21(25-10-12-27-13-11-25)18(16-4-2-3-5-16)8-9-20(21)23-24-26/h4,6-7,14,18,20H,2-3,5,8-13H2,1H3/t18-,20+,21+/m1/s1. The lowest BCUT2D eigenvalue weighted by atomic mass is 9.84. The Morgan fingerprint density at radius 3 is 2.81 bits per heavy atom. The highest BCUT2D eigenvalue weighted by Crippen LogP contribution is 2.54. The summed E-state index contributed by atoms with van der Waals surface area (Å²) in [5.41, 5.74) is 3.54. The zero-order valence-electron chi connectivity index (χ0n) is 15.9. The molecule has 1 aromatic carbocycles. The Kier molecular flexibility index (Phi) is 4.49. The van der Waals surface area contributed by atoms with E-state index < -0.39 is 0 Å². The van der Waals surface area contributed by atoms with E-state index in [2.05, 4.69) is 34.2 Å². The van der Waals surface area contributed by atoms with Crippen molar-refractivity contribution in [3.63, 3.8) is 0 Å². The highest BCUT2D eigenvalue weighted by molar-refractivity contribution is 6.31. The van der Waals surface area contributed by atoms with Gasteiger partial charge < -0.3 is 4.74 Å². The van der Waals surface area contributed by atoms with Crippen LogP contribution in [0, 0.1) is 12.8 Å². The predicted octanol–water partition coefficient (Wildman–Crippen LogP) is 4.75. The van der Waals surface area contributed by atoms with Gasteiger partial charge >= 0.3 is 0 Å². The molecular weight excluding hydrogens is 360 g/mol. The minimum atomic E-state index is -0.210. The molecule has 2 aliphatic heterocycles. The first-order valence-corrected chi connectivity index (χ1v) is 10.6. The van der Waals surface area contributed by atoms with Gasteiger partial charge in [-0.1, -0.05) is 34.5 Å². The molecule has 2 aliphatic carbocycles. The lowest BCUT2D eigenvalue weighted by Crippen LogP contribution is -2.66. The number of halogens is 1. The molecule has 2 heterocycles. The summed E-state index contributed by atoms with van der Waals surface area (Å²) in [6.07, 6.45) is 8.46. The van der Waals surface area contributed by atoms with Crippen molar-refractivity contribution in [2.75, 3.05) is 31.3 Å². The zero-order chi connectivity index (χ0) is 18.4. The number of anilines is 1. The SMILES string of the molecule is Cc1ccc(N2N=N[C@H]3CC[C@H](C4=CCCC4)[C@@]32N2CCOCC2)cc1Cl. The highest BCUT2D eigenvalue weighted by atomic mass is 35.5. The molecule has 5 nitrogen and oxygen atoms in total. The summed E-state index contributed by atoms with van der Waals surface area (Å²) >= 11 is 6.49. The van der Waals surface area contributed by atoms with Gasteiger partial charge in [-0.15, -0.1) is 0 Å². The van der Waals surface area contributed by atoms with Crippen molar-refractivity contribution in [2.45, 2.75) is 50.7 Å². The van der Waals surface area contributed by atoms with E-state index in [1.807, 2.05) is 6.92 Å². The van der Waals surface area contributed by atoms with E-state index >= 15 is 0 Å². The van der Waals surface area contributed by atoms with E-state index in [1.54, 1.807) is 5.57 Å². The number of ether oxygens (including phenoxy) is 1. The zero-order valence-corrected chi connectivity index (χ0v) is 16.7. The van der Waals surface area contributed by atoms with Crippen molar-refractivity contribution in [3.8, 4) is 0 Å². The molecule has 0 aromatic heterocycles. The van der Waals surface area contributed by atoms with E-state index in [0.717, 1.165) is 49.0 Å². The fourth-order valence-corrected chi connectivity index (χ4v) is 5.70. The fraction of sp³-hybridized carbons (Fsp3) is 0.619. The van der Waals surface area contributed by atoms with Gasteiger partial charge in [0, 0.05) is 24.0 Å². The van der Waals surface area contributed by atoms with Gasteiger partial charge in [-0.3, -0.25) is 4.90 Å². The van der Waals surface area contributed by atoms with Gasteiger partial charge in [0.25, 0.3) is 0 Å². The van der Waals surface area contributed by atoms with Crippen molar-refractivity contribution in [1.82, 2.24) is 4.90 Å². The van der Waals surface area contributed by atoms with Crippen LogP contribution in [0.4, 0.5) is 5.69 Å². The van der Waals surface area contributed by atoms with E-state index in [0.29, 0.717) is 5.92 Å². The fourth-order valence-electron chi connectivity index (χ4n) is 5.53. The first-order valence-electron chi connectivity index (χ1n) is 10.2. The maximum absolute atomic E-state index is 6.49. The minimum absolute atomic E-state index is 0.210. The molecule has 2 fully saturated rings. The van der Waals surface area contributed by atoms with Crippen molar-refractivity contribution < 1.29 is 4.74 Å². The van der Waals surface area contributed by atoms with Crippen molar-refractivity contribution in [3.05, 3.63) is 40.4 Å². The molecule has 4 aliphatic rings. The van der Waals surface area contributed by atoms with Crippen LogP contribution in [-0.4, -0.2) is 42.9 Å². The maximum atomic E-state index is 6.49. The Hall–Kier alpha value is -1.43. The molecule has 0 N–H and O–H groups in total. The van der Waals surface area contributed by atoms with E-state index in [9.17, 15) is 0 Å². The summed E-state index contributed by atoms with van der Waals surface area (Å²) in [6.45, 7) is 5.47. The van der Waals surface area contributed by atoms with Gasteiger partial charge in [-0.05, 0) is 56.7 Å². The van der Waals surface area contributed by atoms with E-state index in [-0.39, 0.29) is 11.7 Å². The van der Waals surface area contributed by atoms with Crippen LogP contribution in [0.5, 0.6) is 0 Å². The summed E-state index contributed by atoms with van der Waals surface area (Å²) in [4.78, 5) is 2.60. The van der Waals surface area contributed by atoms with Crippen molar-refractivity contribution >= 4 is 17.3 Å². The van der Waals surface area contributed by atoms with Crippen molar-refractivity contribution in [1.29, 1.82) is 0 Å². The lowest BCUT2D eigenvalue weighted by molar-refractivity contribution is -0.0340. The molecule has 3 atom stereocenters. The molecule has 1 aromatic rings. The van der Waals surface area contributed by atoms with Crippen LogP contribution in [0.25, 0.3) is 0 Å². The number of morpholine rings is 1. The molecule has 0 spiro atoms. The third kappa shape index (κ3) is 2.66. The summed E-state index contributed by atoms with van der Waals surface area (Å²) in [5, 5.41) is 12.5. The Morgan fingerprint density at radius 1 is 1.22 bits per heavy atom. The first-order chi connectivity index (χ1) is 13.2. The van der Waals surface area contributed by atoms with Crippen LogP contribution in [0.3, 0.4) is 0 Å². The van der Waals surface area contributed by atoms with Crippen molar-refractivity contribution in [2.24, 2.45) is 16.3 Å². The van der Waals surface area contributed by atoms with Gasteiger partial charge in [0.2, 0.25) is 0 Å². The van der Waals surface area contributed by atoms with Gasteiger partial charge in [0.05, 0.1) is 18.9 Å². The highest BCUT2D eigenvalue weighted by Gasteiger charge is 2.62. The molecule has 27 heavy (non-hydrogen) atoms. The largest absolute Gasteiger partial charge is 0.379 e. The quantitative estimate of drug-likeness (QED) is 0.703. The Bertz CT molecular complexity index is 788. The van der Waals surface area contributed by atoms with Crippen LogP contribution in [0.15, 0.2) is 40.2 Å². The van der Waals surface area contributed by atoms with Gasteiger partial charge in [0.15, 0.2) is 0 Å². The number of hydrogen-bond acceptors (Lipinski definition) is 5. The molecule has 0 unspecified atom stereocenters. The monoisotopic (exact) mass is 386 g/mol. The Labute approximate surface area is 166 Å². The second kappa shape index (κ2) is 6.87. The molecular formula is C21H27ClN4O. The topological polar surface area (TPSA) is 40.4 Å². The maximum Gasteiger partial charge on any atom is 0.148 e. The molecule has 6 heteroatoms. The number of aryl methyl sites for hydroxylation is 1. The second-order valence-electron chi connectivity index (χ2n) is 8.15. The summed E-state index contributed by atoms with van der Waals surface area (Å²) in [7, 11) is 0. The number of rotatable bonds is 3. The number of allylic oxidation sites excluding steroid dienone is 1. The Morgan fingerprint density at radius 2 is 2.07 bits per heavy atom. The molecule has 0 amide bonds. The molecule has 144 valence electrons. The van der Waals surface area contributed by atoms with E-state index in [1.165, 1.54) is 25.7 Å². The predicted molar refractivity (Wildman–Crippen MR) is 107 cm³/mol. The van der Waals surface area contributed by atoms with Crippen LogP contribution >= 0.6 is 11.6 Å². The number of hydrogen-bond donors (Lipinski definition) is 0. The number of fused-ring (bicyclic) bond motifs is 1. The number of benzene rings is 1. The second-order valence-corrected chi connectivity index (χ2v) is 8.56. The summed E-state index contributed by atoms with van der Waals surface area (Å²) in [6, 6.07) is 6.50. The number of nitrogens with zero attached hydrogens (tertiary/aromatic N) is 4. The Balaban J connectivity index is 1.62. The average molecular weight is 387 g/mol. The summed E-state index contributed by atoms with van der Waals surface area (Å²) < 4.78 is 5.68. The minimum Gasteiger partial charge on any atom is -0.379 e. The smallest absolute Gasteiger partial charge is 0.148 e. The molecule has 0 bridgehead atoms. The normalized spacial score (nSPS) is 33.6. The molecule has 1 saturated heterocycles. The third-order valence-corrected chi connectivity index (χ3v) is 7.20. The first kappa shape index (κ1) is 17.7. The average Bonchev–Trinajstić information content (AvgIpc) is 3.40. The summed E-state index contributed by atoms with van der Waals surface area (Å²) in [5.74, 6) is 0.471. The van der Waals surface area contributed by atoms with Gasteiger partial charge in [0.1, 0.15) is 11.7 Å². The third-order valence-electron chi connectivity index (χ3n) is 6.79. The van der Waals surface area contributed by atoms with E-state index in [4.69, 9.17) is 26.7 Å². The van der Waals surface area contributed by atoms with Crippen LogP contribution in [0.1, 0.15) is 37.7 Å². The lowest BCUT2D eigenvalue weighted by Gasteiger charge is -2.50. The molecule has 1 saturated carbocycles. The van der Waals surface area contributed by atoms with Gasteiger partial charge in [-0.2, -0.15) is 5.11 Å². The molecule has 0 radical (unpaired) electrons. The van der Waals surface area contributed by atoms with Crippen LogP contribution in [0.2, 0.25) is 5.02 Å². The van der Waals surface area contributed by atoms with Crippen LogP contribution in [-0.2, 0) is 4.74 Å². The van der Waals surface area contributed by atoms with Crippen LogP contribution < -0.4 is 5.01 Å². The molecule has 5 rings (SSSR count). The van der Waals surface area contributed by atoms with Gasteiger partial charge in [-0.25, -0.2) is 5.01 Å².